The maximum Gasteiger partial charge on any atom is 0.0466 e. The van der Waals surface area contributed by atoms with Crippen molar-refractivity contribution in [3.05, 3.63) is 0 Å². The fourth-order valence-electron chi connectivity index (χ4n) is 1.79. The molecule has 0 aliphatic carbocycles. The van der Waals surface area contributed by atoms with Crippen molar-refractivity contribution in [2.45, 2.75) is 66.7 Å². The minimum absolute atomic E-state index is 0.402. The van der Waals surface area contributed by atoms with Crippen molar-refractivity contribution in [3.8, 4) is 0 Å². The first-order chi connectivity index (χ1) is 8.42. The molecule has 110 valence electrons. The van der Waals surface area contributed by atoms with Crippen LogP contribution in [0.1, 0.15) is 66.7 Å². The van der Waals surface area contributed by atoms with Crippen LogP contribution in [-0.4, -0.2) is 26.3 Å². The van der Waals surface area contributed by atoms with E-state index in [2.05, 4.69) is 39.9 Å². The van der Waals surface area contributed by atoms with E-state index in [0.717, 1.165) is 32.2 Å². The molecule has 0 amide bonds. The molecule has 18 heavy (non-hydrogen) atoms. The minimum atomic E-state index is 0.402. The maximum atomic E-state index is 5.62. The van der Waals surface area contributed by atoms with Gasteiger partial charge in [-0.15, -0.1) is 0 Å². The number of nitrogens with one attached hydrogen (secondary N) is 1. The molecule has 0 bridgehead atoms. The van der Waals surface area contributed by atoms with Gasteiger partial charge >= 0.3 is 0 Å². The summed E-state index contributed by atoms with van der Waals surface area (Å²) in [5.41, 5.74) is 0.402. The molecule has 0 aliphatic rings. The van der Waals surface area contributed by atoms with Crippen LogP contribution in [-0.2, 0) is 4.74 Å². The lowest BCUT2D eigenvalue weighted by Gasteiger charge is -2.18. The Morgan fingerprint density at radius 1 is 0.944 bits per heavy atom. The average Bonchev–Trinajstić information content (AvgIpc) is 2.24. The number of unbranched alkanes of at least 4 members (excludes halogenated alkanes) is 2. The zero-order valence-electron chi connectivity index (χ0n) is 13.3. The molecule has 0 rings (SSSR count). The highest BCUT2D eigenvalue weighted by molar-refractivity contribution is 4.64. The molecule has 0 saturated heterocycles. The molecule has 0 aromatic carbocycles. The molecule has 0 radical (unpaired) electrons. The summed E-state index contributed by atoms with van der Waals surface area (Å²) in [7, 11) is 0. The molecule has 0 unspecified atom stereocenters. The lowest BCUT2D eigenvalue weighted by molar-refractivity contribution is 0.124. The molecular weight excluding hydrogens is 222 g/mol. The van der Waals surface area contributed by atoms with Gasteiger partial charge in [0.25, 0.3) is 0 Å². The van der Waals surface area contributed by atoms with Gasteiger partial charge in [0, 0.05) is 13.2 Å². The third kappa shape index (κ3) is 15.9. The van der Waals surface area contributed by atoms with Gasteiger partial charge in [-0.2, -0.15) is 0 Å². The van der Waals surface area contributed by atoms with Crippen molar-refractivity contribution in [1.29, 1.82) is 0 Å². The fraction of sp³-hybridized carbons (Fsp3) is 1.00. The molecule has 0 fully saturated rings. The standard InChI is InChI=1S/C16H35NO/c1-15(2)10-9-13-18-12-8-6-7-11-17-14-16(3,4)5/h15,17H,6-14H2,1-5H3. The average molecular weight is 257 g/mol. The summed E-state index contributed by atoms with van der Waals surface area (Å²) < 4.78 is 5.62. The molecule has 2 heteroatoms. The van der Waals surface area contributed by atoms with Gasteiger partial charge in [-0.3, -0.25) is 0 Å². The van der Waals surface area contributed by atoms with E-state index in [1.165, 1.54) is 32.1 Å². The van der Waals surface area contributed by atoms with Crippen LogP contribution >= 0.6 is 0 Å². The molecule has 0 saturated carbocycles. The molecule has 0 heterocycles. The largest absolute Gasteiger partial charge is 0.381 e. The molecule has 1 N–H and O–H groups in total. The van der Waals surface area contributed by atoms with Crippen LogP contribution in [0.25, 0.3) is 0 Å². The van der Waals surface area contributed by atoms with Crippen LogP contribution in [0.3, 0.4) is 0 Å². The molecule has 0 spiro atoms. The molecular formula is C16H35NO. The van der Waals surface area contributed by atoms with Crippen LogP contribution in [0.2, 0.25) is 0 Å². The van der Waals surface area contributed by atoms with Crippen molar-refractivity contribution >= 4 is 0 Å². The molecule has 0 aromatic rings. The van der Waals surface area contributed by atoms with E-state index >= 15 is 0 Å². The Bertz CT molecular complexity index is 172. The van der Waals surface area contributed by atoms with Gasteiger partial charge in [0.1, 0.15) is 0 Å². The monoisotopic (exact) mass is 257 g/mol. The SMILES string of the molecule is CC(C)CCCOCCCCCNCC(C)(C)C. The highest BCUT2D eigenvalue weighted by atomic mass is 16.5. The van der Waals surface area contributed by atoms with Crippen LogP contribution < -0.4 is 5.32 Å². The highest BCUT2D eigenvalue weighted by Crippen LogP contribution is 2.10. The Morgan fingerprint density at radius 3 is 2.22 bits per heavy atom. The minimum Gasteiger partial charge on any atom is -0.381 e. The van der Waals surface area contributed by atoms with Gasteiger partial charge in [0.2, 0.25) is 0 Å². The van der Waals surface area contributed by atoms with Gasteiger partial charge in [0.05, 0.1) is 0 Å². The summed E-state index contributed by atoms with van der Waals surface area (Å²) in [6.07, 6.45) is 6.26. The van der Waals surface area contributed by atoms with E-state index < -0.39 is 0 Å². The van der Waals surface area contributed by atoms with Crippen molar-refractivity contribution < 1.29 is 4.74 Å². The quantitative estimate of drug-likeness (QED) is 0.559. The second-order valence-corrected chi connectivity index (χ2v) is 6.95. The van der Waals surface area contributed by atoms with Crippen LogP contribution in [0.15, 0.2) is 0 Å². The Hall–Kier alpha value is -0.0800. The van der Waals surface area contributed by atoms with Crippen molar-refractivity contribution in [2.75, 3.05) is 26.3 Å². The fourth-order valence-corrected chi connectivity index (χ4v) is 1.79. The third-order valence-corrected chi connectivity index (χ3v) is 2.87. The smallest absolute Gasteiger partial charge is 0.0466 e. The van der Waals surface area contributed by atoms with E-state index in [-0.39, 0.29) is 0 Å². The summed E-state index contributed by atoms with van der Waals surface area (Å²) in [5.74, 6) is 0.808. The Morgan fingerprint density at radius 2 is 1.61 bits per heavy atom. The van der Waals surface area contributed by atoms with Crippen LogP contribution in [0.4, 0.5) is 0 Å². The summed E-state index contributed by atoms with van der Waals surface area (Å²) in [4.78, 5) is 0. The first-order valence-corrected chi connectivity index (χ1v) is 7.70. The summed E-state index contributed by atoms with van der Waals surface area (Å²) in [6, 6.07) is 0. The van der Waals surface area contributed by atoms with Crippen molar-refractivity contribution in [2.24, 2.45) is 11.3 Å². The molecule has 0 aromatic heterocycles. The highest BCUT2D eigenvalue weighted by Gasteiger charge is 2.07. The summed E-state index contributed by atoms with van der Waals surface area (Å²) in [6.45, 7) is 15.5. The van der Waals surface area contributed by atoms with Gasteiger partial charge < -0.3 is 10.1 Å². The summed E-state index contributed by atoms with van der Waals surface area (Å²) >= 11 is 0. The normalized spacial score (nSPS) is 12.3. The second-order valence-electron chi connectivity index (χ2n) is 6.95. The van der Waals surface area contributed by atoms with Crippen molar-refractivity contribution in [1.82, 2.24) is 5.32 Å². The third-order valence-electron chi connectivity index (χ3n) is 2.87. The van der Waals surface area contributed by atoms with Gasteiger partial charge in [-0.05, 0) is 56.5 Å². The first kappa shape index (κ1) is 17.9. The molecule has 0 atom stereocenters. The zero-order chi connectivity index (χ0) is 13.9. The Labute approximate surface area is 115 Å². The predicted molar refractivity (Wildman–Crippen MR) is 81.1 cm³/mol. The first-order valence-electron chi connectivity index (χ1n) is 7.70. The molecule has 2 nitrogen and oxygen atoms in total. The van der Waals surface area contributed by atoms with Crippen LogP contribution in [0, 0.1) is 11.3 Å². The number of ether oxygens (including phenoxy) is 1. The van der Waals surface area contributed by atoms with Gasteiger partial charge in [-0.25, -0.2) is 0 Å². The van der Waals surface area contributed by atoms with Crippen LogP contribution in [0.5, 0.6) is 0 Å². The van der Waals surface area contributed by atoms with Gasteiger partial charge in [-0.1, -0.05) is 34.6 Å². The van der Waals surface area contributed by atoms with E-state index in [4.69, 9.17) is 4.74 Å². The Balaban J connectivity index is 3.04. The summed E-state index contributed by atoms with van der Waals surface area (Å²) in [5, 5.41) is 3.51. The number of hydrogen-bond donors (Lipinski definition) is 1. The van der Waals surface area contributed by atoms with E-state index in [9.17, 15) is 0 Å². The second kappa shape index (κ2) is 10.8. The predicted octanol–water partition coefficient (Wildman–Crippen LogP) is 4.25. The zero-order valence-corrected chi connectivity index (χ0v) is 13.3. The lowest BCUT2D eigenvalue weighted by Crippen LogP contribution is -2.27. The number of rotatable bonds is 11. The molecule has 0 aliphatic heterocycles. The maximum absolute atomic E-state index is 5.62. The van der Waals surface area contributed by atoms with E-state index in [1.807, 2.05) is 0 Å². The Kier molecular flexibility index (Phi) is 10.8. The lowest BCUT2D eigenvalue weighted by atomic mass is 9.97. The number of hydrogen-bond acceptors (Lipinski definition) is 2. The topological polar surface area (TPSA) is 21.3 Å². The van der Waals surface area contributed by atoms with Gasteiger partial charge in [0.15, 0.2) is 0 Å². The van der Waals surface area contributed by atoms with Crippen molar-refractivity contribution in [3.63, 3.8) is 0 Å². The van der Waals surface area contributed by atoms with E-state index in [0.29, 0.717) is 5.41 Å². The van der Waals surface area contributed by atoms with E-state index in [1.54, 1.807) is 0 Å².